The number of esters is 3. The van der Waals surface area contributed by atoms with E-state index in [9.17, 15) is 14.4 Å². The second kappa shape index (κ2) is 54.9. The molecule has 0 saturated carbocycles. The first-order valence-corrected chi connectivity index (χ1v) is 27.7. The molecule has 382 valence electrons. The van der Waals surface area contributed by atoms with Gasteiger partial charge in [-0.15, -0.1) is 0 Å². The summed E-state index contributed by atoms with van der Waals surface area (Å²) in [5, 5.41) is 0. The topological polar surface area (TPSA) is 78.9 Å². The molecule has 6 heteroatoms. The van der Waals surface area contributed by atoms with Crippen LogP contribution < -0.4 is 0 Å². The van der Waals surface area contributed by atoms with Crippen molar-refractivity contribution in [3.63, 3.8) is 0 Å². The van der Waals surface area contributed by atoms with E-state index in [0.717, 1.165) is 122 Å². The summed E-state index contributed by atoms with van der Waals surface area (Å²) in [5.41, 5.74) is 0. The number of hydrogen-bond acceptors (Lipinski definition) is 6. The van der Waals surface area contributed by atoms with Crippen molar-refractivity contribution in [3.05, 3.63) is 97.2 Å². The van der Waals surface area contributed by atoms with E-state index in [2.05, 4.69) is 118 Å². The number of unbranched alkanes of at least 4 members (excludes halogenated alkanes) is 22. The van der Waals surface area contributed by atoms with E-state index in [4.69, 9.17) is 14.2 Å². The Morgan fingerprint density at radius 3 is 0.955 bits per heavy atom. The van der Waals surface area contributed by atoms with Gasteiger partial charge in [0.25, 0.3) is 0 Å². The lowest BCUT2D eigenvalue weighted by Crippen LogP contribution is -2.30. The van der Waals surface area contributed by atoms with Crippen LogP contribution in [-0.2, 0) is 28.6 Å². The lowest BCUT2D eigenvalue weighted by molar-refractivity contribution is -0.167. The summed E-state index contributed by atoms with van der Waals surface area (Å²) in [6.45, 7) is 6.45. The molecule has 6 nitrogen and oxygen atoms in total. The zero-order valence-corrected chi connectivity index (χ0v) is 43.6. The number of carbonyl (C=O) groups excluding carboxylic acids is 3. The molecule has 0 heterocycles. The number of allylic oxidation sites excluding steroid dienone is 16. The van der Waals surface area contributed by atoms with Gasteiger partial charge < -0.3 is 14.2 Å². The molecule has 0 N–H and O–H groups in total. The number of rotatable bonds is 49. The third-order valence-corrected chi connectivity index (χ3v) is 11.6. The lowest BCUT2D eigenvalue weighted by atomic mass is 10.0. The summed E-state index contributed by atoms with van der Waals surface area (Å²) in [6.07, 6.45) is 72.4. The minimum atomic E-state index is -0.802. The van der Waals surface area contributed by atoms with Gasteiger partial charge in [-0.25, -0.2) is 0 Å². The van der Waals surface area contributed by atoms with E-state index in [1.165, 1.54) is 89.9 Å². The first kappa shape index (κ1) is 63.3. The predicted molar refractivity (Wildman–Crippen MR) is 288 cm³/mol. The maximum absolute atomic E-state index is 12.8. The molecule has 0 bridgehead atoms. The molecular weight excluding hydrogens is 829 g/mol. The third-order valence-electron chi connectivity index (χ3n) is 11.6. The molecule has 1 atom stereocenters. The van der Waals surface area contributed by atoms with Crippen LogP contribution in [0.4, 0.5) is 0 Å². The van der Waals surface area contributed by atoms with Gasteiger partial charge in [0.2, 0.25) is 0 Å². The predicted octanol–water partition coefficient (Wildman–Crippen LogP) is 18.5. The van der Waals surface area contributed by atoms with Crippen LogP contribution in [0.5, 0.6) is 0 Å². The molecule has 0 aliphatic rings. The third kappa shape index (κ3) is 53.2. The van der Waals surface area contributed by atoms with Crippen molar-refractivity contribution in [2.75, 3.05) is 13.2 Å². The van der Waals surface area contributed by atoms with E-state index in [1.807, 2.05) is 0 Å². The molecule has 0 aromatic carbocycles. The van der Waals surface area contributed by atoms with Gasteiger partial charge in [0.15, 0.2) is 6.10 Å². The Kier molecular flexibility index (Phi) is 51.9. The van der Waals surface area contributed by atoms with E-state index >= 15 is 0 Å². The van der Waals surface area contributed by atoms with Crippen LogP contribution in [0.1, 0.15) is 252 Å². The van der Waals surface area contributed by atoms with Crippen LogP contribution in [0.3, 0.4) is 0 Å². The highest BCUT2D eigenvalue weighted by Crippen LogP contribution is 2.14. The minimum absolute atomic E-state index is 0.0964. The first-order valence-electron chi connectivity index (χ1n) is 27.7. The van der Waals surface area contributed by atoms with Gasteiger partial charge in [-0.1, -0.05) is 227 Å². The van der Waals surface area contributed by atoms with Gasteiger partial charge in [0, 0.05) is 19.3 Å². The molecule has 0 radical (unpaired) electrons. The fourth-order valence-corrected chi connectivity index (χ4v) is 7.42. The average molecular weight is 931 g/mol. The van der Waals surface area contributed by atoms with Crippen LogP contribution in [0, 0.1) is 0 Å². The highest BCUT2D eigenvalue weighted by atomic mass is 16.6. The highest BCUT2D eigenvalue weighted by Gasteiger charge is 2.19. The van der Waals surface area contributed by atoms with Gasteiger partial charge in [-0.3, -0.25) is 14.4 Å². The number of carbonyl (C=O) groups is 3. The second-order valence-corrected chi connectivity index (χ2v) is 18.1. The molecule has 0 spiro atoms. The van der Waals surface area contributed by atoms with Gasteiger partial charge in [0.05, 0.1) is 0 Å². The molecule has 0 aromatic rings. The molecule has 0 rings (SSSR count). The van der Waals surface area contributed by atoms with Crippen molar-refractivity contribution in [1.82, 2.24) is 0 Å². The standard InChI is InChI=1S/C61H102O6/c1-4-7-10-13-16-19-22-25-27-29-30-32-33-36-39-42-45-48-51-54-60(63)66-57-58(56-65-59(62)53-50-47-44-41-38-35-24-21-18-15-12-9-6-3)67-61(64)55-52-49-46-43-40-37-34-31-28-26-23-20-17-14-11-8-5-2/h7,10,16-17,19-20,25-28,30,32,34,36-37,39,58H,4-6,8-9,11-15,18,21-24,29,31,33,35,38,40-57H2,1-3H3/b10-7-,19-16-,20-17-,27-25-,28-26-,32-30-,37-34-,39-36-/t58-/m1/s1. The number of hydrogen-bond donors (Lipinski definition) is 0. The van der Waals surface area contributed by atoms with Gasteiger partial charge in [-0.2, -0.15) is 0 Å². The summed E-state index contributed by atoms with van der Waals surface area (Å²) in [7, 11) is 0. The Morgan fingerprint density at radius 1 is 0.313 bits per heavy atom. The lowest BCUT2D eigenvalue weighted by Gasteiger charge is -2.18. The molecular formula is C61H102O6. The Bertz CT molecular complexity index is 1350. The average Bonchev–Trinajstić information content (AvgIpc) is 3.33. The molecule has 0 fully saturated rings. The quantitative estimate of drug-likeness (QED) is 0.0262. The normalized spacial score (nSPS) is 12.8. The first-order chi connectivity index (χ1) is 33.0. The van der Waals surface area contributed by atoms with Crippen molar-refractivity contribution in [1.29, 1.82) is 0 Å². The molecule has 0 aliphatic heterocycles. The highest BCUT2D eigenvalue weighted by molar-refractivity contribution is 5.71. The Hall–Kier alpha value is -3.67. The van der Waals surface area contributed by atoms with Crippen LogP contribution >= 0.6 is 0 Å². The van der Waals surface area contributed by atoms with Gasteiger partial charge in [-0.05, 0) is 103 Å². The molecule has 0 amide bonds. The number of ether oxygens (including phenoxy) is 3. The smallest absolute Gasteiger partial charge is 0.306 e. The second-order valence-electron chi connectivity index (χ2n) is 18.1. The summed E-state index contributed by atoms with van der Waals surface area (Å²) < 4.78 is 16.8. The zero-order valence-electron chi connectivity index (χ0n) is 43.6. The fourth-order valence-electron chi connectivity index (χ4n) is 7.42. The van der Waals surface area contributed by atoms with Gasteiger partial charge >= 0.3 is 17.9 Å². The summed E-state index contributed by atoms with van der Waals surface area (Å²) >= 11 is 0. The molecule has 0 aromatic heterocycles. The summed E-state index contributed by atoms with van der Waals surface area (Å²) in [5.74, 6) is -0.950. The largest absolute Gasteiger partial charge is 0.462 e. The molecule has 0 saturated heterocycles. The monoisotopic (exact) mass is 931 g/mol. The molecule has 0 aliphatic carbocycles. The SMILES string of the molecule is CC/C=C\C/C=C\C/C=C\C/C=C\C/C=C\CCCCCC(=O)OC[C@@H](COC(=O)CCCCCCCCCCCCCCC)OC(=O)CCCCCC/C=C\C/C=C\C/C=C\CCCCC. The van der Waals surface area contributed by atoms with Crippen molar-refractivity contribution < 1.29 is 28.6 Å². The van der Waals surface area contributed by atoms with Crippen LogP contribution in [0.15, 0.2) is 97.2 Å². The molecule has 0 unspecified atom stereocenters. The minimum Gasteiger partial charge on any atom is -0.462 e. The maximum atomic E-state index is 12.8. The Balaban J connectivity index is 4.49. The van der Waals surface area contributed by atoms with E-state index in [0.29, 0.717) is 19.3 Å². The Morgan fingerprint density at radius 2 is 0.582 bits per heavy atom. The van der Waals surface area contributed by atoms with E-state index in [-0.39, 0.29) is 31.1 Å². The Labute approximate surface area is 413 Å². The van der Waals surface area contributed by atoms with Crippen LogP contribution in [-0.4, -0.2) is 37.2 Å². The van der Waals surface area contributed by atoms with Crippen LogP contribution in [0.25, 0.3) is 0 Å². The fraction of sp³-hybridized carbons (Fsp3) is 0.689. The van der Waals surface area contributed by atoms with Crippen molar-refractivity contribution in [2.24, 2.45) is 0 Å². The summed E-state index contributed by atoms with van der Waals surface area (Å²) in [6, 6.07) is 0. The van der Waals surface area contributed by atoms with Gasteiger partial charge in [0.1, 0.15) is 13.2 Å². The van der Waals surface area contributed by atoms with E-state index in [1.54, 1.807) is 0 Å². The summed E-state index contributed by atoms with van der Waals surface area (Å²) in [4.78, 5) is 38.1. The molecule has 67 heavy (non-hydrogen) atoms. The maximum Gasteiger partial charge on any atom is 0.306 e. The van der Waals surface area contributed by atoms with Crippen molar-refractivity contribution >= 4 is 17.9 Å². The van der Waals surface area contributed by atoms with Crippen molar-refractivity contribution in [3.8, 4) is 0 Å². The zero-order chi connectivity index (χ0) is 48.6. The van der Waals surface area contributed by atoms with E-state index < -0.39 is 6.10 Å². The van der Waals surface area contributed by atoms with Crippen molar-refractivity contribution in [2.45, 2.75) is 258 Å². The van der Waals surface area contributed by atoms with Crippen LogP contribution in [0.2, 0.25) is 0 Å².